The molecule has 1 fully saturated rings. The first kappa shape index (κ1) is 47.2. The van der Waals surface area contributed by atoms with Gasteiger partial charge in [-0.2, -0.15) is 0 Å². The number of nitrogens with two attached hydrogens (primary N) is 3. The summed E-state index contributed by atoms with van der Waals surface area (Å²) in [6, 6.07) is -6.40. The molecule has 26 nitrogen and oxygen atoms in total. The molecule has 0 spiro atoms. The van der Waals surface area contributed by atoms with E-state index in [2.05, 4.69) is 31.9 Å². The van der Waals surface area contributed by atoms with Gasteiger partial charge in [0.25, 0.3) is 0 Å². The maximum Gasteiger partial charge on any atom is 0.310 e. The van der Waals surface area contributed by atoms with Gasteiger partial charge >= 0.3 is 11.7 Å². The Morgan fingerprint density at radius 2 is 1.43 bits per heavy atom. The molecule has 2 heterocycles. The Bertz CT molecular complexity index is 1930. The topological polar surface area (TPSA) is 428 Å². The van der Waals surface area contributed by atoms with Gasteiger partial charge in [-0.05, 0) is 24.5 Å². The number of phenols is 1. The lowest BCUT2D eigenvalue weighted by Crippen LogP contribution is -2.57. The summed E-state index contributed by atoms with van der Waals surface area (Å²) in [5.74, 6) is -11.8. The monoisotopic (exact) mass is 847 g/mol. The maximum atomic E-state index is 13.5. The van der Waals surface area contributed by atoms with E-state index in [1.807, 2.05) is 0 Å². The number of aliphatic hydroxyl groups is 1. The number of nitrogens with zero attached hydrogens (tertiary/aromatic N) is 2. The van der Waals surface area contributed by atoms with Crippen LogP contribution >= 0.6 is 0 Å². The van der Waals surface area contributed by atoms with E-state index in [9.17, 15) is 73.4 Å². The summed E-state index contributed by atoms with van der Waals surface area (Å²) in [6.07, 6.45) is -1.84. The number of phenolic OH excluding ortho intramolecular Hbond substituents is 1. The van der Waals surface area contributed by atoms with E-state index < -0.39 is 157 Å². The molecular formula is C34H45N11O15. The Morgan fingerprint density at radius 3 is 2.07 bits per heavy atom. The second kappa shape index (κ2) is 21.5. The lowest BCUT2D eigenvalue weighted by molar-refractivity contribution is -0.385. The molecule has 26 heteroatoms. The summed E-state index contributed by atoms with van der Waals surface area (Å²) < 4.78 is 0. The van der Waals surface area contributed by atoms with Crippen molar-refractivity contribution in [3.05, 3.63) is 46.0 Å². The van der Waals surface area contributed by atoms with E-state index in [1.165, 1.54) is 18.2 Å². The van der Waals surface area contributed by atoms with Gasteiger partial charge in [0.05, 0.1) is 43.0 Å². The van der Waals surface area contributed by atoms with Crippen LogP contribution in [0.4, 0.5) is 5.69 Å². The Hall–Kier alpha value is -7.22. The molecular weight excluding hydrogens is 802 g/mol. The minimum atomic E-state index is -1.77. The van der Waals surface area contributed by atoms with Crippen molar-refractivity contribution in [1.82, 2.24) is 36.8 Å². The van der Waals surface area contributed by atoms with Crippen LogP contribution < -0.4 is 49.1 Å². The number of aliphatic hydroxyl groups excluding tert-OH is 1. The molecule has 326 valence electrons. The highest BCUT2D eigenvalue weighted by molar-refractivity contribution is 5.98. The average Bonchev–Trinajstić information content (AvgIpc) is 3.57. The number of nitro groups is 1. The van der Waals surface area contributed by atoms with Gasteiger partial charge < -0.3 is 69.3 Å². The molecule has 0 bridgehead atoms. The summed E-state index contributed by atoms with van der Waals surface area (Å²) >= 11 is 0. The first-order valence-electron chi connectivity index (χ1n) is 18.1. The van der Waals surface area contributed by atoms with E-state index >= 15 is 0 Å². The number of fused-ring (bicyclic) bond motifs is 1. The number of nitro benzene ring substituents is 1. The lowest BCUT2D eigenvalue weighted by atomic mass is 10.0. The van der Waals surface area contributed by atoms with Gasteiger partial charge in [-0.25, -0.2) is 0 Å². The number of carbonyl (C=O) groups excluding carboxylic acids is 9. The number of carboxylic acids is 1. The number of hydrogen-bond acceptors (Lipinski definition) is 15. The van der Waals surface area contributed by atoms with Crippen LogP contribution in [-0.4, -0.2) is 146 Å². The highest BCUT2D eigenvalue weighted by Crippen LogP contribution is 2.27. The normalized spacial score (nSPS) is 26.2. The number of carboxylic acid groups (broad SMARTS) is 1. The number of aliphatic carboxylic acids is 1. The number of nitrogens with one attached hydrogen (secondary N) is 6. The Balaban J connectivity index is 1.98. The van der Waals surface area contributed by atoms with E-state index in [-0.39, 0.29) is 24.8 Å². The van der Waals surface area contributed by atoms with Gasteiger partial charge in [0.2, 0.25) is 53.2 Å². The van der Waals surface area contributed by atoms with Crippen molar-refractivity contribution in [2.75, 3.05) is 19.6 Å². The van der Waals surface area contributed by atoms with Crippen LogP contribution in [0.2, 0.25) is 0 Å². The number of hydrogen-bond donors (Lipinski definition) is 12. The molecule has 1 saturated heterocycles. The third kappa shape index (κ3) is 14.0. The van der Waals surface area contributed by atoms with Gasteiger partial charge in [0.15, 0.2) is 5.75 Å². The molecule has 1 aromatic carbocycles. The van der Waals surface area contributed by atoms with E-state index in [4.69, 9.17) is 17.2 Å². The van der Waals surface area contributed by atoms with E-state index in [0.29, 0.717) is 0 Å². The van der Waals surface area contributed by atoms with E-state index in [1.54, 1.807) is 0 Å². The molecule has 0 saturated carbocycles. The van der Waals surface area contributed by atoms with Gasteiger partial charge in [0, 0.05) is 25.5 Å². The maximum absolute atomic E-state index is 13.5. The number of carbonyl (C=O) groups is 10. The standard InChI is InChI=1S/C34H45N11O15/c35-17-3-1-2-4-18(29(37)53)41-33(57)20(10-25(36)48)43-34(58)23-9-16(46)14-44(23)27(50)13-39-31(55)19(7-15-5-6-24(47)22(8-15)45(59)60)40-26(49)12-38-32(56)21(11-28(51)52)42-30(17)54/h1-2,5-6,8,16-21,23,46-47H,3-4,7,9-14,35H2,(H2,36,48)(H2,37,53)(H,38,56)(H,39,55)(H,40,49)(H,41,57)(H,42,54)(H,43,58)(H,51,52)/b2-1+/t16-,17-,18-,19+,20+,21-,23+/m1/s1. The molecule has 7 atom stereocenters. The quantitative estimate of drug-likeness (QED) is 0.0657. The molecule has 3 rings (SSSR count). The molecule has 0 aliphatic carbocycles. The summed E-state index contributed by atoms with van der Waals surface area (Å²) in [4.78, 5) is 139. The Kier molecular flexibility index (Phi) is 16.9. The lowest BCUT2D eigenvalue weighted by Gasteiger charge is -2.27. The first-order valence-corrected chi connectivity index (χ1v) is 18.1. The van der Waals surface area contributed by atoms with Crippen molar-refractivity contribution in [2.45, 2.75) is 80.9 Å². The van der Waals surface area contributed by atoms with Gasteiger partial charge in [-0.1, -0.05) is 18.2 Å². The van der Waals surface area contributed by atoms with Crippen molar-refractivity contribution in [3.8, 4) is 5.75 Å². The van der Waals surface area contributed by atoms with Crippen molar-refractivity contribution in [3.63, 3.8) is 0 Å². The first-order chi connectivity index (χ1) is 28.2. The summed E-state index contributed by atoms with van der Waals surface area (Å²) in [5.41, 5.74) is 15.9. The van der Waals surface area contributed by atoms with Crippen LogP contribution in [0.25, 0.3) is 0 Å². The van der Waals surface area contributed by atoms with Crippen LogP contribution in [-0.2, 0) is 54.4 Å². The molecule has 0 aromatic heterocycles. The molecule has 15 N–H and O–H groups in total. The smallest absolute Gasteiger partial charge is 0.310 e. The number of benzene rings is 1. The summed E-state index contributed by atoms with van der Waals surface area (Å²) in [7, 11) is 0. The summed E-state index contributed by atoms with van der Waals surface area (Å²) in [6.45, 7) is -2.21. The number of amides is 9. The van der Waals surface area contributed by atoms with Crippen molar-refractivity contribution in [1.29, 1.82) is 0 Å². The fourth-order valence-corrected chi connectivity index (χ4v) is 5.99. The molecule has 2 aliphatic heterocycles. The number of aromatic hydroxyl groups is 1. The average molecular weight is 848 g/mol. The predicted octanol–water partition coefficient (Wildman–Crippen LogP) is -6.51. The zero-order chi connectivity index (χ0) is 44.8. The number of primary amides is 2. The molecule has 0 radical (unpaired) electrons. The molecule has 9 amide bonds. The predicted molar refractivity (Wildman–Crippen MR) is 200 cm³/mol. The molecule has 1 aromatic rings. The second-order valence-electron chi connectivity index (χ2n) is 13.7. The van der Waals surface area contributed by atoms with Crippen LogP contribution in [0.1, 0.15) is 37.7 Å². The van der Waals surface area contributed by atoms with Crippen molar-refractivity contribution in [2.24, 2.45) is 17.2 Å². The summed E-state index contributed by atoms with van der Waals surface area (Å²) in [5, 5.41) is 54.4. The van der Waals surface area contributed by atoms with Crippen LogP contribution in [0.3, 0.4) is 0 Å². The van der Waals surface area contributed by atoms with Crippen LogP contribution in [0, 0.1) is 10.1 Å². The molecule has 2 aliphatic rings. The van der Waals surface area contributed by atoms with Crippen molar-refractivity contribution >= 4 is 64.8 Å². The van der Waals surface area contributed by atoms with Gasteiger partial charge in [0.1, 0.15) is 30.2 Å². The largest absolute Gasteiger partial charge is 0.502 e. The van der Waals surface area contributed by atoms with Crippen molar-refractivity contribution < 1.29 is 68.2 Å². The third-order valence-corrected chi connectivity index (χ3v) is 9.04. The molecule has 0 unspecified atom stereocenters. The highest BCUT2D eigenvalue weighted by Gasteiger charge is 2.41. The van der Waals surface area contributed by atoms with Gasteiger partial charge in [-0.3, -0.25) is 58.1 Å². The SMILES string of the molecule is NC(=O)C[C@@H]1NC(=O)[C@@H]2C[C@@H](O)CN2C(=O)CNC(=O)[C@H](Cc2ccc(O)c([N+](=O)[O-])c2)NC(=O)CNC(=O)[C@@H](CC(=O)O)NC(=O)[C@H](N)C/C=C/C[C@H](C(N)=O)NC1=O. The molecule has 60 heavy (non-hydrogen) atoms. The third-order valence-electron chi connectivity index (χ3n) is 9.04. The van der Waals surface area contributed by atoms with Crippen LogP contribution in [0.15, 0.2) is 30.4 Å². The minimum Gasteiger partial charge on any atom is -0.502 e. The second-order valence-corrected chi connectivity index (χ2v) is 13.7. The fourth-order valence-electron chi connectivity index (χ4n) is 5.99. The highest BCUT2D eigenvalue weighted by atomic mass is 16.6. The van der Waals surface area contributed by atoms with Gasteiger partial charge in [-0.15, -0.1) is 0 Å². The fraction of sp³-hybridized carbons (Fsp3) is 0.471. The number of rotatable bonds is 8. The zero-order valence-electron chi connectivity index (χ0n) is 31.7. The zero-order valence-corrected chi connectivity index (χ0v) is 31.7. The van der Waals surface area contributed by atoms with E-state index in [0.717, 1.165) is 17.0 Å². The van der Waals surface area contributed by atoms with Crippen LogP contribution in [0.5, 0.6) is 5.75 Å². The Labute approximate surface area is 339 Å². The minimum absolute atomic E-state index is 0.0292. The Morgan fingerprint density at radius 1 is 0.817 bits per heavy atom.